The largest absolute Gasteiger partial charge is 0.482 e. The molecule has 140 valence electrons. The zero-order valence-corrected chi connectivity index (χ0v) is 15.4. The second-order valence-electron chi connectivity index (χ2n) is 5.78. The number of halogens is 2. The first-order chi connectivity index (χ1) is 12.9. The van der Waals surface area contributed by atoms with E-state index in [-0.39, 0.29) is 24.2 Å². The van der Waals surface area contributed by atoms with Crippen LogP contribution in [0.4, 0.5) is 4.39 Å². The van der Waals surface area contributed by atoms with Gasteiger partial charge in [-0.2, -0.15) is 0 Å². The molecule has 6 nitrogen and oxygen atoms in total. The zero-order valence-electron chi connectivity index (χ0n) is 14.6. The highest BCUT2D eigenvalue weighted by Crippen LogP contribution is 2.23. The average Bonchev–Trinajstić information content (AvgIpc) is 3.13. The summed E-state index contributed by atoms with van der Waals surface area (Å²) in [5, 5.41) is 8.36. The van der Waals surface area contributed by atoms with E-state index in [0.717, 1.165) is 5.56 Å². The molecule has 0 aliphatic heterocycles. The highest BCUT2D eigenvalue weighted by Gasteiger charge is 2.19. The summed E-state index contributed by atoms with van der Waals surface area (Å²) in [6.07, 6.45) is -0.755. The van der Waals surface area contributed by atoms with Crippen LogP contribution in [-0.2, 0) is 9.53 Å². The number of aryl methyl sites for hydroxylation is 1. The summed E-state index contributed by atoms with van der Waals surface area (Å²) < 4.78 is 29.1. The first kappa shape index (κ1) is 18.8. The number of carbonyl (C=O) groups is 1. The van der Waals surface area contributed by atoms with Gasteiger partial charge in [0, 0.05) is 10.6 Å². The topological polar surface area (TPSA) is 74.5 Å². The van der Waals surface area contributed by atoms with Crippen molar-refractivity contribution in [2.75, 3.05) is 6.61 Å². The Balaban J connectivity index is 1.56. The summed E-state index contributed by atoms with van der Waals surface area (Å²) >= 11 is 5.94. The van der Waals surface area contributed by atoms with Crippen molar-refractivity contribution in [1.82, 2.24) is 10.2 Å². The molecule has 0 unspecified atom stereocenters. The van der Waals surface area contributed by atoms with Gasteiger partial charge in [-0.05, 0) is 61.9 Å². The molecular formula is C19H16ClFN2O4. The molecular weight excluding hydrogens is 375 g/mol. The molecule has 27 heavy (non-hydrogen) atoms. The smallest absolute Gasteiger partial charge is 0.344 e. The van der Waals surface area contributed by atoms with E-state index in [0.29, 0.717) is 16.3 Å². The monoisotopic (exact) mass is 390 g/mol. The predicted octanol–water partition coefficient (Wildman–Crippen LogP) is 4.52. The number of hydrogen-bond acceptors (Lipinski definition) is 6. The molecule has 1 atom stereocenters. The van der Waals surface area contributed by atoms with Crippen LogP contribution in [0.3, 0.4) is 0 Å². The van der Waals surface area contributed by atoms with Crippen molar-refractivity contribution in [2.45, 2.75) is 20.0 Å². The van der Waals surface area contributed by atoms with E-state index >= 15 is 0 Å². The van der Waals surface area contributed by atoms with Crippen LogP contribution in [0.2, 0.25) is 5.02 Å². The number of hydrogen-bond donors (Lipinski definition) is 0. The number of nitrogens with zero attached hydrogens (tertiary/aromatic N) is 2. The van der Waals surface area contributed by atoms with Gasteiger partial charge < -0.3 is 13.9 Å². The lowest BCUT2D eigenvalue weighted by Gasteiger charge is -2.11. The number of ether oxygens (including phenoxy) is 2. The highest BCUT2D eigenvalue weighted by atomic mass is 35.5. The lowest BCUT2D eigenvalue weighted by molar-refractivity contribution is -0.152. The second-order valence-corrected chi connectivity index (χ2v) is 6.19. The van der Waals surface area contributed by atoms with Crippen LogP contribution in [0.5, 0.6) is 5.75 Å². The fraction of sp³-hybridized carbons (Fsp3) is 0.211. The normalized spacial score (nSPS) is 11.9. The molecule has 0 fully saturated rings. The van der Waals surface area contributed by atoms with E-state index in [9.17, 15) is 9.18 Å². The molecule has 0 bridgehead atoms. The first-order valence-electron chi connectivity index (χ1n) is 8.10. The van der Waals surface area contributed by atoms with Gasteiger partial charge in [0.05, 0.1) is 0 Å². The third-order valence-electron chi connectivity index (χ3n) is 3.67. The number of carbonyl (C=O) groups excluding carboxylic acids is 1. The first-order valence-corrected chi connectivity index (χ1v) is 8.48. The molecule has 0 saturated carbocycles. The van der Waals surface area contributed by atoms with Crippen LogP contribution in [0, 0.1) is 12.7 Å². The van der Waals surface area contributed by atoms with Crippen molar-refractivity contribution in [1.29, 1.82) is 0 Å². The van der Waals surface area contributed by atoms with Gasteiger partial charge in [0.25, 0.3) is 5.89 Å². The Morgan fingerprint density at radius 3 is 2.67 bits per heavy atom. The standard InChI is InChI=1S/C19H16ClFN2O4/c1-11-9-15(7-8-16(11)20)25-10-17(24)26-12(2)18-22-23-19(27-18)13-3-5-14(21)6-4-13/h3-9,12H,10H2,1-2H3/t12-/m1/s1. The van der Waals surface area contributed by atoms with Crippen LogP contribution in [0.25, 0.3) is 11.5 Å². The third kappa shape index (κ3) is 4.83. The fourth-order valence-electron chi connectivity index (χ4n) is 2.24. The Morgan fingerprint density at radius 1 is 1.22 bits per heavy atom. The third-order valence-corrected chi connectivity index (χ3v) is 4.10. The van der Waals surface area contributed by atoms with Crippen LogP contribution in [0.15, 0.2) is 46.9 Å². The number of aromatic nitrogens is 2. The van der Waals surface area contributed by atoms with E-state index in [1.54, 1.807) is 25.1 Å². The summed E-state index contributed by atoms with van der Waals surface area (Å²) in [7, 11) is 0. The van der Waals surface area contributed by atoms with E-state index in [1.165, 1.54) is 24.3 Å². The molecule has 3 aromatic rings. The van der Waals surface area contributed by atoms with Crippen molar-refractivity contribution in [3.63, 3.8) is 0 Å². The summed E-state index contributed by atoms with van der Waals surface area (Å²) in [6, 6.07) is 10.7. The Morgan fingerprint density at radius 2 is 1.96 bits per heavy atom. The number of benzene rings is 2. The molecule has 3 rings (SSSR count). The van der Waals surface area contributed by atoms with Crippen molar-refractivity contribution in [3.8, 4) is 17.2 Å². The summed E-state index contributed by atoms with van der Waals surface area (Å²) in [4.78, 5) is 12.0. The minimum atomic E-state index is -0.755. The van der Waals surface area contributed by atoms with Gasteiger partial charge in [0.2, 0.25) is 5.89 Å². The zero-order chi connectivity index (χ0) is 19.4. The van der Waals surface area contributed by atoms with E-state index in [1.807, 2.05) is 6.92 Å². The van der Waals surface area contributed by atoms with Gasteiger partial charge in [-0.3, -0.25) is 0 Å². The van der Waals surface area contributed by atoms with Gasteiger partial charge in [0.15, 0.2) is 12.7 Å². The van der Waals surface area contributed by atoms with Gasteiger partial charge in [-0.15, -0.1) is 10.2 Å². The van der Waals surface area contributed by atoms with Gasteiger partial charge >= 0.3 is 5.97 Å². The molecule has 0 spiro atoms. The molecule has 0 amide bonds. The second kappa shape index (κ2) is 8.18. The average molecular weight is 391 g/mol. The van der Waals surface area contributed by atoms with Crippen LogP contribution in [0.1, 0.15) is 24.5 Å². The van der Waals surface area contributed by atoms with E-state index < -0.39 is 12.1 Å². The molecule has 2 aromatic carbocycles. The molecule has 1 heterocycles. The molecule has 0 saturated heterocycles. The van der Waals surface area contributed by atoms with Crippen LogP contribution in [-0.4, -0.2) is 22.8 Å². The maximum atomic E-state index is 13.0. The van der Waals surface area contributed by atoms with Crippen LogP contribution >= 0.6 is 11.6 Å². The van der Waals surface area contributed by atoms with Gasteiger partial charge in [-0.1, -0.05) is 11.6 Å². The molecule has 0 radical (unpaired) electrons. The Labute approximate surface area is 159 Å². The lowest BCUT2D eigenvalue weighted by Crippen LogP contribution is -2.17. The quantitative estimate of drug-likeness (QED) is 0.576. The maximum absolute atomic E-state index is 13.0. The van der Waals surface area contributed by atoms with Gasteiger partial charge in [-0.25, -0.2) is 9.18 Å². The molecule has 0 N–H and O–H groups in total. The van der Waals surface area contributed by atoms with Crippen LogP contribution < -0.4 is 4.74 Å². The predicted molar refractivity (Wildman–Crippen MR) is 95.9 cm³/mol. The minimum Gasteiger partial charge on any atom is -0.482 e. The Bertz CT molecular complexity index is 943. The number of esters is 1. The molecule has 1 aromatic heterocycles. The lowest BCUT2D eigenvalue weighted by atomic mass is 10.2. The molecule has 8 heteroatoms. The summed E-state index contributed by atoms with van der Waals surface area (Å²) in [5.41, 5.74) is 1.41. The summed E-state index contributed by atoms with van der Waals surface area (Å²) in [6.45, 7) is 3.17. The fourth-order valence-corrected chi connectivity index (χ4v) is 2.36. The van der Waals surface area contributed by atoms with E-state index in [4.69, 9.17) is 25.5 Å². The SMILES string of the molecule is Cc1cc(OCC(=O)O[C@H](C)c2nnc(-c3ccc(F)cc3)o2)ccc1Cl. The Hall–Kier alpha value is -2.93. The molecule has 0 aliphatic rings. The maximum Gasteiger partial charge on any atom is 0.344 e. The minimum absolute atomic E-state index is 0.130. The Kier molecular flexibility index (Phi) is 5.71. The summed E-state index contributed by atoms with van der Waals surface area (Å²) in [5.74, 6) is -0.100. The van der Waals surface area contributed by atoms with Crippen molar-refractivity contribution < 1.29 is 23.1 Å². The van der Waals surface area contributed by atoms with Crippen molar-refractivity contribution >= 4 is 17.6 Å². The van der Waals surface area contributed by atoms with E-state index in [2.05, 4.69) is 10.2 Å². The van der Waals surface area contributed by atoms with Crippen molar-refractivity contribution in [2.24, 2.45) is 0 Å². The van der Waals surface area contributed by atoms with Gasteiger partial charge in [0.1, 0.15) is 11.6 Å². The highest BCUT2D eigenvalue weighted by molar-refractivity contribution is 6.31. The van der Waals surface area contributed by atoms with Crippen molar-refractivity contribution in [3.05, 3.63) is 64.8 Å². The molecule has 0 aliphatic carbocycles. The number of rotatable bonds is 6.